The summed E-state index contributed by atoms with van der Waals surface area (Å²) in [6.07, 6.45) is 5.06. The Kier molecular flexibility index (Phi) is 6.06. The van der Waals surface area contributed by atoms with E-state index in [9.17, 15) is 9.59 Å². The van der Waals surface area contributed by atoms with Crippen LogP contribution in [0.15, 0.2) is 48.7 Å². The van der Waals surface area contributed by atoms with E-state index in [2.05, 4.69) is 17.2 Å². The molecule has 30 heavy (non-hydrogen) atoms. The van der Waals surface area contributed by atoms with Gasteiger partial charge in [-0.05, 0) is 61.9 Å². The molecule has 2 heterocycles. The van der Waals surface area contributed by atoms with Crippen LogP contribution in [0.1, 0.15) is 48.7 Å². The van der Waals surface area contributed by atoms with Crippen molar-refractivity contribution in [2.24, 2.45) is 5.92 Å². The van der Waals surface area contributed by atoms with Gasteiger partial charge in [0.15, 0.2) is 0 Å². The van der Waals surface area contributed by atoms with Gasteiger partial charge >= 0.3 is 0 Å². The maximum Gasteiger partial charge on any atom is 0.256 e. The molecule has 1 aliphatic carbocycles. The summed E-state index contributed by atoms with van der Waals surface area (Å²) < 4.78 is 6.20. The molecule has 7 heteroatoms. The van der Waals surface area contributed by atoms with Crippen molar-refractivity contribution in [3.05, 3.63) is 64.9 Å². The average molecular weight is 428 g/mol. The summed E-state index contributed by atoms with van der Waals surface area (Å²) in [4.78, 5) is 32.5. The lowest BCUT2D eigenvalue weighted by atomic mass is 9.83. The number of hydrogen-bond donors (Lipinski definition) is 1. The number of ether oxygens (including phenoxy) is 1. The summed E-state index contributed by atoms with van der Waals surface area (Å²) in [6.45, 7) is 2.70. The van der Waals surface area contributed by atoms with Gasteiger partial charge in [0, 0.05) is 16.8 Å². The Morgan fingerprint density at radius 3 is 2.73 bits per heavy atom. The molecule has 1 atom stereocenters. The molecule has 2 amide bonds. The summed E-state index contributed by atoms with van der Waals surface area (Å²) in [5.74, 6) is 0.133. The molecule has 1 saturated carbocycles. The molecule has 4 rings (SSSR count). The van der Waals surface area contributed by atoms with Crippen molar-refractivity contribution in [2.75, 3.05) is 6.61 Å². The highest BCUT2D eigenvalue weighted by atomic mass is 35.5. The maximum absolute atomic E-state index is 13.5. The van der Waals surface area contributed by atoms with Gasteiger partial charge in [-0.3, -0.25) is 19.5 Å². The largest absolute Gasteiger partial charge is 0.353 e. The molecule has 1 aliphatic heterocycles. The molecule has 1 spiro atoms. The molecule has 0 radical (unpaired) electrons. The SMILES string of the molecule is CC1CCC2(CC1)OCC(C(=O)NCc1ccccn1)N2C(=O)c1cccc(Cl)c1. The Morgan fingerprint density at radius 1 is 1.23 bits per heavy atom. The molecule has 158 valence electrons. The van der Waals surface area contributed by atoms with E-state index in [0.717, 1.165) is 31.4 Å². The van der Waals surface area contributed by atoms with Crippen LogP contribution in [0.3, 0.4) is 0 Å². The second-order valence-electron chi connectivity index (χ2n) is 8.18. The van der Waals surface area contributed by atoms with Gasteiger partial charge < -0.3 is 10.1 Å². The van der Waals surface area contributed by atoms with E-state index in [1.54, 1.807) is 35.4 Å². The molecule has 1 unspecified atom stereocenters. The number of pyridine rings is 1. The van der Waals surface area contributed by atoms with E-state index in [-0.39, 0.29) is 18.4 Å². The number of rotatable bonds is 4. The first-order valence-corrected chi connectivity index (χ1v) is 10.8. The van der Waals surface area contributed by atoms with Crippen LogP contribution >= 0.6 is 11.6 Å². The number of aromatic nitrogens is 1. The number of carbonyl (C=O) groups is 2. The minimum atomic E-state index is -0.737. The second kappa shape index (κ2) is 8.74. The van der Waals surface area contributed by atoms with Crippen molar-refractivity contribution in [1.29, 1.82) is 0 Å². The van der Waals surface area contributed by atoms with Gasteiger partial charge in [-0.25, -0.2) is 0 Å². The van der Waals surface area contributed by atoms with Crippen LogP contribution in [-0.2, 0) is 16.1 Å². The fourth-order valence-corrected chi connectivity index (χ4v) is 4.53. The molecule has 2 aromatic rings. The molecular weight excluding hydrogens is 402 g/mol. The van der Waals surface area contributed by atoms with Crippen LogP contribution in [0.4, 0.5) is 0 Å². The fraction of sp³-hybridized carbons (Fsp3) is 0.435. The standard InChI is InChI=1S/C23H26ClN3O3/c1-16-8-10-23(11-9-16)27(22(29)17-5-4-6-18(24)13-17)20(15-30-23)21(28)26-14-19-7-2-3-12-25-19/h2-7,12-13,16,20H,8-11,14-15H2,1H3,(H,26,28). The van der Waals surface area contributed by atoms with Crippen LogP contribution in [0, 0.1) is 5.92 Å². The highest BCUT2D eigenvalue weighted by Gasteiger charge is 2.53. The molecule has 1 saturated heterocycles. The molecule has 0 bridgehead atoms. The number of halogens is 1. The third-order valence-corrected chi connectivity index (χ3v) is 6.31. The molecule has 1 aromatic carbocycles. The molecular formula is C23H26ClN3O3. The van der Waals surface area contributed by atoms with Crippen molar-refractivity contribution in [2.45, 2.75) is 50.9 Å². The van der Waals surface area contributed by atoms with Gasteiger partial charge in [-0.2, -0.15) is 0 Å². The Bertz CT molecular complexity index is 913. The van der Waals surface area contributed by atoms with Crippen molar-refractivity contribution in [1.82, 2.24) is 15.2 Å². The first-order valence-electron chi connectivity index (χ1n) is 10.4. The predicted octanol–water partition coefficient (Wildman–Crippen LogP) is 3.80. The predicted molar refractivity (Wildman–Crippen MR) is 114 cm³/mol. The monoisotopic (exact) mass is 427 g/mol. The van der Waals surface area contributed by atoms with Crippen molar-refractivity contribution < 1.29 is 14.3 Å². The van der Waals surface area contributed by atoms with Crippen LogP contribution < -0.4 is 5.32 Å². The number of hydrogen-bond acceptors (Lipinski definition) is 4. The van der Waals surface area contributed by atoms with Crippen LogP contribution in [0.25, 0.3) is 0 Å². The quantitative estimate of drug-likeness (QED) is 0.805. The zero-order valence-corrected chi connectivity index (χ0v) is 17.8. The summed E-state index contributed by atoms with van der Waals surface area (Å²) in [5.41, 5.74) is 0.492. The first-order chi connectivity index (χ1) is 14.5. The van der Waals surface area contributed by atoms with E-state index in [0.29, 0.717) is 23.0 Å². The first kappa shape index (κ1) is 20.8. The molecule has 1 N–H and O–H groups in total. The highest BCUT2D eigenvalue weighted by Crippen LogP contribution is 2.43. The summed E-state index contributed by atoms with van der Waals surface area (Å²) >= 11 is 6.12. The van der Waals surface area contributed by atoms with Gasteiger partial charge in [-0.15, -0.1) is 0 Å². The Morgan fingerprint density at radius 2 is 2.03 bits per heavy atom. The minimum absolute atomic E-state index is 0.189. The maximum atomic E-state index is 13.5. The van der Waals surface area contributed by atoms with E-state index >= 15 is 0 Å². The number of amides is 2. The molecule has 6 nitrogen and oxygen atoms in total. The van der Waals surface area contributed by atoms with Crippen LogP contribution in [0.2, 0.25) is 5.02 Å². The smallest absolute Gasteiger partial charge is 0.256 e. The van der Waals surface area contributed by atoms with Gasteiger partial charge in [0.1, 0.15) is 11.8 Å². The van der Waals surface area contributed by atoms with Gasteiger partial charge in [-0.1, -0.05) is 30.7 Å². The Hall–Kier alpha value is -2.44. The lowest BCUT2D eigenvalue weighted by Gasteiger charge is -2.43. The van der Waals surface area contributed by atoms with Crippen molar-refractivity contribution >= 4 is 23.4 Å². The zero-order chi connectivity index (χ0) is 21.1. The molecule has 1 aromatic heterocycles. The van der Waals surface area contributed by atoms with E-state index in [1.807, 2.05) is 18.2 Å². The van der Waals surface area contributed by atoms with Crippen molar-refractivity contribution in [3.63, 3.8) is 0 Å². The van der Waals surface area contributed by atoms with Crippen LogP contribution in [-0.4, -0.2) is 40.1 Å². The van der Waals surface area contributed by atoms with Gasteiger partial charge in [0.05, 0.1) is 18.8 Å². The lowest BCUT2D eigenvalue weighted by Crippen LogP contribution is -2.56. The highest BCUT2D eigenvalue weighted by molar-refractivity contribution is 6.31. The fourth-order valence-electron chi connectivity index (χ4n) is 4.34. The van der Waals surface area contributed by atoms with Crippen molar-refractivity contribution in [3.8, 4) is 0 Å². The summed E-state index contributed by atoms with van der Waals surface area (Å²) in [5, 5.41) is 3.41. The lowest BCUT2D eigenvalue weighted by molar-refractivity contribution is -0.128. The number of carbonyl (C=O) groups excluding carboxylic acids is 2. The number of nitrogens with zero attached hydrogens (tertiary/aromatic N) is 2. The van der Waals surface area contributed by atoms with E-state index < -0.39 is 11.8 Å². The average Bonchev–Trinajstić information content (AvgIpc) is 3.13. The zero-order valence-electron chi connectivity index (χ0n) is 17.0. The summed E-state index contributed by atoms with van der Waals surface area (Å²) in [6, 6.07) is 11.7. The number of nitrogens with one attached hydrogen (secondary N) is 1. The second-order valence-corrected chi connectivity index (χ2v) is 8.62. The minimum Gasteiger partial charge on any atom is -0.353 e. The Labute approximate surface area is 181 Å². The van der Waals surface area contributed by atoms with Crippen LogP contribution in [0.5, 0.6) is 0 Å². The Balaban J connectivity index is 1.58. The topological polar surface area (TPSA) is 71.5 Å². The summed E-state index contributed by atoms with van der Waals surface area (Å²) in [7, 11) is 0. The molecule has 2 aliphatic rings. The third-order valence-electron chi connectivity index (χ3n) is 6.08. The van der Waals surface area contributed by atoms with Gasteiger partial charge in [0.25, 0.3) is 5.91 Å². The van der Waals surface area contributed by atoms with Gasteiger partial charge in [0.2, 0.25) is 5.91 Å². The van der Waals surface area contributed by atoms with E-state index in [1.165, 1.54) is 0 Å². The van der Waals surface area contributed by atoms with E-state index in [4.69, 9.17) is 16.3 Å². The normalized spacial score (nSPS) is 26.0. The number of benzene rings is 1. The molecule has 2 fully saturated rings. The third kappa shape index (κ3) is 4.20.